The predicted octanol–water partition coefficient (Wildman–Crippen LogP) is 4.16. The molecule has 0 aliphatic heterocycles. The van der Waals surface area contributed by atoms with E-state index in [2.05, 4.69) is 0 Å². The topological polar surface area (TPSA) is 52.6 Å². The molecule has 2 rings (SSSR count). The molecule has 0 heterocycles. The SMILES string of the molecule is CCOc1ccc(Cl)cc1C(=O)Oc1ccccc1C(C)=O. The molecule has 114 valence electrons. The fourth-order valence-electron chi connectivity index (χ4n) is 1.94. The summed E-state index contributed by atoms with van der Waals surface area (Å²) < 4.78 is 10.7. The predicted molar refractivity (Wildman–Crippen MR) is 84.0 cm³/mol. The minimum Gasteiger partial charge on any atom is -0.493 e. The molecule has 0 amide bonds. The van der Waals surface area contributed by atoms with Crippen LogP contribution in [0.25, 0.3) is 0 Å². The van der Waals surface area contributed by atoms with Crippen LogP contribution in [0.2, 0.25) is 5.02 Å². The van der Waals surface area contributed by atoms with E-state index in [9.17, 15) is 9.59 Å². The van der Waals surface area contributed by atoms with Gasteiger partial charge in [-0.15, -0.1) is 0 Å². The lowest BCUT2D eigenvalue weighted by Crippen LogP contribution is -2.12. The molecular weight excluding hydrogens is 304 g/mol. The van der Waals surface area contributed by atoms with Crippen LogP contribution >= 0.6 is 11.6 Å². The number of hydrogen-bond acceptors (Lipinski definition) is 4. The summed E-state index contributed by atoms with van der Waals surface area (Å²) in [6.45, 7) is 3.64. The van der Waals surface area contributed by atoms with Crippen LogP contribution in [0.15, 0.2) is 42.5 Å². The Hall–Kier alpha value is -2.33. The Balaban J connectivity index is 2.34. The number of rotatable bonds is 5. The molecular formula is C17H15ClO4. The number of halogens is 1. The number of ether oxygens (including phenoxy) is 2. The van der Waals surface area contributed by atoms with Crippen LogP contribution < -0.4 is 9.47 Å². The maximum atomic E-state index is 12.4. The average Bonchev–Trinajstić information content (AvgIpc) is 2.49. The molecule has 22 heavy (non-hydrogen) atoms. The van der Waals surface area contributed by atoms with Gasteiger partial charge in [0.1, 0.15) is 17.1 Å². The van der Waals surface area contributed by atoms with E-state index >= 15 is 0 Å². The van der Waals surface area contributed by atoms with E-state index in [-0.39, 0.29) is 17.1 Å². The third kappa shape index (κ3) is 3.65. The maximum Gasteiger partial charge on any atom is 0.347 e. The van der Waals surface area contributed by atoms with Gasteiger partial charge in [-0.05, 0) is 44.2 Å². The zero-order chi connectivity index (χ0) is 16.1. The van der Waals surface area contributed by atoms with Gasteiger partial charge in [0.15, 0.2) is 5.78 Å². The lowest BCUT2D eigenvalue weighted by molar-refractivity contribution is 0.0728. The van der Waals surface area contributed by atoms with E-state index in [0.29, 0.717) is 22.9 Å². The Morgan fingerprint density at radius 3 is 2.45 bits per heavy atom. The highest BCUT2D eigenvalue weighted by Gasteiger charge is 2.18. The van der Waals surface area contributed by atoms with Crippen LogP contribution in [0.5, 0.6) is 11.5 Å². The number of esters is 1. The van der Waals surface area contributed by atoms with Gasteiger partial charge in [0.05, 0.1) is 12.2 Å². The van der Waals surface area contributed by atoms with E-state index in [1.54, 1.807) is 36.4 Å². The number of para-hydroxylation sites is 1. The summed E-state index contributed by atoms with van der Waals surface area (Å²) in [6, 6.07) is 11.3. The molecule has 0 spiro atoms. The van der Waals surface area contributed by atoms with Crippen LogP contribution in [0.1, 0.15) is 34.6 Å². The van der Waals surface area contributed by atoms with Crippen LogP contribution in [0.4, 0.5) is 0 Å². The fourth-order valence-corrected chi connectivity index (χ4v) is 2.12. The van der Waals surface area contributed by atoms with Crippen LogP contribution in [0.3, 0.4) is 0 Å². The monoisotopic (exact) mass is 318 g/mol. The molecule has 0 saturated carbocycles. The van der Waals surface area contributed by atoms with Crippen molar-refractivity contribution in [2.75, 3.05) is 6.61 Å². The largest absolute Gasteiger partial charge is 0.493 e. The van der Waals surface area contributed by atoms with Crippen molar-refractivity contribution in [3.05, 3.63) is 58.6 Å². The summed E-state index contributed by atoms with van der Waals surface area (Å²) in [5.74, 6) is -0.209. The summed E-state index contributed by atoms with van der Waals surface area (Å²) in [5, 5.41) is 0.398. The number of benzene rings is 2. The van der Waals surface area contributed by atoms with E-state index in [1.807, 2.05) is 6.92 Å². The summed E-state index contributed by atoms with van der Waals surface area (Å²) >= 11 is 5.93. The van der Waals surface area contributed by atoms with E-state index < -0.39 is 5.97 Å². The molecule has 2 aromatic rings. The highest BCUT2D eigenvalue weighted by atomic mass is 35.5. The Bertz CT molecular complexity index is 710. The lowest BCUT2D eigenvalue weighted by Gasteiger charge is -2.11. The first-order valence-corrected chi connectivity index (χ1v) is 7.15. The van der Waals surface area contributed by atoms with Crippen molar-refractivity contribution in [1.82, 2.24) is 0 Å². The van der Waals surface area contributed by atoms with Crippen molar-refractivity contribution in [2.45, 2.75) is 13.8 Å². The van der Waals surface area contributed by atoms with Gasteiger partial charge in [-0.1, -0.05) is 23.7 Å². The summed E-state index contributed by atoms with van der Waals surface area (Å²) in [4.78, 5) is 23.9. The lowest BCUT2D eigenvalue weighted by atomic mass is 10.1. The highest BCUT2D eigenvalue weighted by molar-refractivity contribution is 6.31. The van der Waals surface area contributed by atoms with Gasteiger partial charge in [0.25, 0.3) is 0 Å². The molecule has 0 unspecified atom stereocenters. The van der Waals surface area contributed by atoms with Gasteiger partial charge < -0.3 is 9.47 Å². The summed E-state index contributed by atoms with van der Waals surface area (Å²) in [6.07, 6.45) is 0. The fraction of sp³-hybridized carbons (Fsp3) is 0.176. The van der Waals surface area contributed by atoms with E-state index in [0.717, 1.165) is 0 Å². The average molecular weight is 319 g/mol. The van der Waals surface area contributed by atoms with Crippen LogP contribution in [0, 0.1) is 0 Å². The second-order valence-corrected chi connectivity index (χ2v) is 4.95. The molecule has 0 radical (unpaired) electrons. The third-order valence-electron chi connectivity index (χ3n) is 2.93. The normalized spacial score (nSPS) is 10.1. The Morgan fingerprint density at radius 1 is 1.05 bits per heavy atom. The van der Waals surface area contributed by atoms with Crippen molar-refractivity contribution in [3.63, 3.8) is 0 Å². The number of ketones is 1. The zero-order valence-electron chi connectivity index (χ0n) is 12.3. The van der Waals surface area contributed by atoms with Gasteiger partial charge in [0.2, 0.25) is 0 Å². The number of carbonyl (C=O) groups is 2. The van der Waals surface area contributed by atoms with Gasteiger partial charge in [-0.25, -0.2) is 4.79 Å². The molecule has 0 atom stereocenters. The molecule has 0 aromatic heterocycles. The van der Waals surface area contributed by atoms with Crippen molar-refractivity contribution >= 4 is 23.4 Å². The second kappa shape index (κ2) is 7.09. The minimum atomic E-state index is -0.625. The molecule has 2 aromatic carbocycles. The van der Waals surface area contributed by atoms with E-state index in [1.165, 1.54) is 13.0 Å². The Morgan fingerprint density at radius 2 is 1.77 bits per heavy atom. The molecule has 0 bridgehead atoms. The van der Waals surface area contributed by atoms with Gasteiger partial charge >= 0.3 is 5.97 Å². The first kappa shape index (κ1) is 16.0. The smallest absolute Gasteiger partial charge is 0.347 e. The molecule has 5 heteroatoms. The quantitative estimate of drug-likeness (QED) is 0.472. The number of carbonyl (C=O) groups excluding carboxylic acids is 2. The standard InChI is InChI=1S/C17H15ClO4/c1-3-21-15-9-8-12(18)10-14(15)17(20)22-16-7-5-4-6-13(16)11(2)19/h4-10H,3H2,1-2H3. The molecule has 0 saturated heterocycles. The second-order valence-electron chi connectivity index (χ2n) is 4.52. The van der Waals surface area contributed by atoms with Crippen molar-refractivity contribution in [2.24, 2.45) is 0 Å². The van der Waals surface area contributed by atoms with Crippen LogP contribution in [-0.2, 0) is 0 Å². The third-order valence-corrected chi connectivity index (χ3v) is 3.17. The first-order valence-electron chi connectivity index (χ1n) is 6.77. The highest BCUT2D eigenvalue weighted by Crippen LogP contribution is 2.26. The Labute approximate surface area is 133 Å². The molecule has 0 aliphatic rings. The molecule has 0 aliphatic carbocycles. The van der Waals surface area contributed by atoms with E-state index in [4.69, 9.17) is 21.1 Å². The van der Waals surface area contributed by atoms with Crippen molar-refractivity contribution < 1.29 is 19.1 Å². The zero-order valence-corrected chi connectivity index (χ0v) is 13.0. The minimum absolute atomic E-state index is 0.181. The van der Waals surface area contributed by atoms with Gasteiger partial charge in [-0.3, -0.25) is 4.79 Å². The Kier molecular flexibility index (Phi) is 5.17. The van der Waals surface area contributed by atoms with Crippen molar-refractivity contribution in [1.29, 1.82) is 0 Å². The molecule has 0 fully saturated rings. The first-order chi connectivity index (χ1) is 10.5. The van der Waals surface area contributed by atoms with Crippen molar-refractivity contribution in [3.8, 4) is 11.5 Å². The van der Waals surface area contributed by atoms with Gasteiger partial charge in [-0.2, -0.15) is 0 Å². The van der Waals surface area contributed by atoms with Gasteiger partial charge in [0, 0.05) is 5.02 Å². The summed E-state index contributed by atoms with van der Waals surface area (Å²) in [7, 11) is 0. The maximum absolute atomic E-state index is 12.4. The molecule has 0 N–H and O–H groups in total. The number of Topliss-reactive ketones (excluding diaryl/α,β-unsaturated/α-hetero) is 1. The van der Waals surface area contributed by atoms with Crippen LogP contribution in [-0.4, -0.2) is 18.4 Å². The number of hydrogen-bond donors (Lipinski definition) is 0. The molecule has 4 nitrogen and oxygen atoms in total. The summed E-state index contributed by atoms with van der Waals surface area (Å²) in [5.41, 5.74) is 0.559.